The average molecular weight is 418 g/mol. The minimum absolute atomic E-state index is 0.207. The van der Waals surface area contributed by atoms with E-state index in [0.29, 0.717) is 17.4 Å². The van der Waals surface area contributed by atoms with Crippen LogP contribution >= 0.6 is 0 Å². The van der Waals surface area contributed by atoms with E-state index >= 15 is 0 Å². The molecular weight excluding hydrogens is 400 g/mol. The molecule has 0 spiro atoms. The van der Waals surface area contributed by atoms with Crippen molar-refractivity contribution in [1.82, 2.24) is 0 Å². The molecule has 0 unspecified atom stereocenters. The van der Waals surface area contributed by atoms with Crippen LogP contribution in [0, 0.1) is 20.2 Å². The molecule has 0 radical (unpaired) electrons. The van der Waals surface area contributed by atoms with Crippen molar-refractivity contribution in [2.75, 3.05) is 6.61 Å². The Morgan fingerprint density at radius 1 is 1.00 bits per heavy atom. The first kappa shape index (κ1) is 23.8. The number of carbonyl (C=O) groups is 2. The Balaban J connectivity index is 0.000000325. The molecule has 0 aliphatic rings. The first-order valence-corrected chi connectivity index (χ1v) is 8.36. The minimum Gasteiger partial charge on any atom is -0.502 e. The van der Waals surface area contributed by atoms with E-state index in [1.807, 2.05) is 0 Å². The van der Waals surface area contributed by atoms with Crippen molar-refractivity contribution in [3.05, 3.63) is 73.3 Å². The Labute approximate surface area is 170 Å². The molecular formula is C19H18N2O9. The highest BCUT2D eigenvalue weighted by molar-refractivity contribution is 5.93. The van der Waals surface area contributed by atoms with Gasteiger partial charge in [0, 0.05) is 23.3 Å². The summed E-state index contributed by atoms with van der Waals surface area (Å²) in [6, 6.07) is 7.25. The summed E-state index contributed by atoms with van der Waals surface area (Å²) < 4.78 is 4.79. The van der Waals surface area contributed by atoms with Crippen LogP contribution in [-0.4, -0.2) is 38.9 Å². The molecule has 0 aliphatic carbocycles. The van der Waals surface area contributed by atoms with E-state index in [9.17, 15) is 34.9 Å². The van der Waals surface area contributed by atoms with Crippen molar-refractivity contribution in [2.45, 2.75) is 13.8 Å². The normalized spacial score (nSPS) is 10.4. The summed E-state index contributed by atoms with van der Waals surface area (Å²) in [5.74, 6) is -1.40. The third kappa shape index (κ3) is 6.71. The molecule has 158 valence electrons. The largest absolute Gasteiger partial charge is 0.502 e. The number of esters is 1. The highest BCUT2D eigenvalue weighted by atomic mass is 16.6. The Morgan fingerprint density at radius 2 is 1.47 bits per heavy atom. The maximum Gasteiger partial charge on any atom is 0.333 e. The van der Waals surface area contributed by atoms with Crippen LogP contribution in [0.4, 0.5) is 11.4 Å². The number of aromatic hydroxyl groups is 2. The smallest absolute Gasteiger partial charge is 0.333 e. The summed E-state index contributed by atoms with van der Waals surface area (Å²) in [6.07, 6.45) is 1.99. The number of rotatable bonds is 6. The summed E-state index contributed by atoms with van der Waals surface area (Å²) in [4.78, 5) is 40.8. The minimum atomic E-state index is -0.718. The van der Waals surface area contributed by atoms with Crippen molar-refractivity contribution >= 4 is 29.7 Å². The number of nitrogens with zero attached hydrogens (tertiary/aromatic N) is 2. The van der Waals surface area contributed by atoms with E-state index in [-0.39, 0.29) is 17.9 Å². The molecule has 2 N–H and O–H groups in total. The lowest BCUT2D eigenvalue weighted by Crippen LogP contribution is -2.04. The molecule has 2 aromatic carbocycles. The number of phenols is 2. The third-order valence-electron chi connectivity index (χ3n) is 3.51. The standard InChI is InChI=1S/C12H13NO5.C7H5NO4/c1-3-18-12(15)8(2)6-9-4-5-10(13(16)17)11(14)7-9;9-4-5-1-2-6(8(11)12)7(10)3-5/h4-7,14H,3H2,1-2H3;1-4,10H/b8-6+;. The number of aldehydes is 1. The third-order valence-corrected chi connectivity index (χ3v) is 3.51. The van der Waals surface area contributed by atoms with Crippen LogP contribution in [0.3, 0.4) is 0 Å². The van der Waals surface area contributed by atoms with Gasteiger partial charge in [0.1, 0.15) is 6.29 Å². The maximum absolute atomic E-state index is 11.3. The van der Waals surface area contributed by atoms with E-state index in [2.05, 4.69) is 0 Å². The highest BCUT2D eigenvalue weighted by Crippen LogP contribution is 2.27. The second kappa shape index (κ2) is 10.9. The molecule has 0 amide bonds. The van der Waals surface area contributed by atoms with Crippen LogP contribution in [-0.2, 0) is 9.53 Å². The summed E-state index contributed by atoms with van der Waals surface area (Å²) in [6.45, 7) is 3.54. The van der Waals surface area contributed by atoms with Gasteiger partial charge in [-0.3, -0.25) is 25.0 Å². The Morgan fingerprint density at radius 3 is 1.87 bits per heavy atom. The molecule has 0 aliphatic heterocycles. The Hall–Kier alpha value is -4.28. The fourth-order valence-electron chi connectivity index (χ4n) is 2.11. The topological polar surface area (TPSA) is 170 Å². The molecule has 2 aromatic rings. The van der Waals surface area contributed by atoms with E-state index in [4.69, 9.17) is 9.84 Å². The number of hydrogen-bond acceptors (Lipinski definition) is 9. The molecule has 0 atom stereocenters. The van der Waals surface area contributed by atoms with Gasteiger partial charge in [-0.2, -0.15) is 0 Å². The van der Waals surface area contributed by atoms with Gasteiger partial charge in [0.15, 0.2) is 11.5 Å². The van der Waals surface area contributed by atoms with Gasteiger partial charge < -0.3 is 14.9 Å². The van der Waals surface area contributed by atoms with Crippen molar-refractivity contribution in [3.63, 3.8) is 0 Å². The number of benzene rings is 2. The molecule has 0 aromatic heterocycles. The van der Waals surface area contributed by atoms with Crippen LogP contribution in [0.2, 0.25) is 0 Å². The van der Waals surface area contributed by atoms with Gasteiger partial charge >= 0.3 is 17.3 Å². The fourth-order valence-corrected chi connectivity index (χ4v) is 2.11. The van der Waals surface area contributed by atoms with Gasteiger partial charge in [-0.25, -0.2) is 4.79 Å². The van der Waals surface area contributed by atoms with Crippen molar-refractivity contribution in [1.29, 1.82) is 0 Å². The monoisotopic (exact) mass is 418 g/mol. The lowest BCUT2D eigenvalue weighted by molar-refractivity contribution is -0.386. The Bertz CT molecular complexity index is 999. The number of phenolic OH excluding ortho intramolecular Hbond substituents is 2. The maximum atomic E-state index is 11.3. The van der Waals surface area contributed by atoms with Crippen LogP contribution in [0.5, 0.6) is 11.5 Å². The van der Waals surface area contributed by atoms with E-state index in [1.54, 1.807) is 13.8 Å². The zero-order valence-corrected chi connectivity index (χ0v) is 16.0. The number of nitro groups is 2. The molecule has 0 saturated heterocycles. The van der Waals surface area contributed by atoms with Crippen molar-refractivity contribution in [2.24, 2.45) is 0 Å². The molecule has 0 heterocycles. The molecule has 30 heavy (non-hydrogen) atoms. The van der Waals surface area contributed by atoms with Gasteiger partial charge in [-0.1, -0.05) is 0 Å². The van der Waals surface area contributed by atoms with Crippen LogP contribution in [0.25, 0.3) is 6.08 Å². The van der Waals surface area contributed by atoms with Crippen molar-refractivity contribution < 1.29 is 34.4 Å². The highest BCUT2D eigenvalue weighted by Gasteiger charge is 2.13. The fraction of sp³-hybridized carbons (Fsp3) is 0.158. The van der Waals surface area contributed by atoms with Crippen LogP contribution in [0.15, 0.2) is 42.0 Å². The van der Waals surface area contributed by atoms with Gasteiger partial charge in [0.05, 0.1) is 16.5 Å². The average Bonchev–Trinajstić information content (AvgIpc) is 2.68. The van der Waals surface area contributed by atoms with Gasteiger partial charge in [0.2, 0.25) is 0 Å². The van der Waals surface area contributed by atoms with Gasteiger partial charge in [-0.05, 0) is 49.8 Å². The zero-order chi connectivity index (χ0) is 22.8. The predicted molar refractivity (Wildman–Crippen MR) is 105 cm³/mol. The first-order valence-electron chi connectivity index (χ1n) is 8.36. The summed E-state index contributed by atoms with van der Waals surface area (Å²) in [5, 5.41) is 39.1. The second-order valence-electron chi connectivity index (χ2n) is 5.68. The molecule has 11 nitrogen and oxygen atoms in total. The number of ether oxygens (including phenoxy) is 1. The van der Waals surface area contributed by atoms with E-state index in [0.717, 1.165) is 12.1 Å². The first-order chi connectivity index (χ1) is 14.1. The lowest BCUT2D eigenvalue weighted by Gasteiger charge is -2.02. The van der Waals surface area contributed by atoms with Gasteiger partial charge in [0.25, 0.3) is 0 Å². The summed E-state index contributed by atoms with van der Waals surface area (Å²) in [7, 11) is 0. The second-order valence-corrected chi connectivity index (χ2v) is 5.68. The zero-order valence-electron chi connectivity index (χ0n) is 16.0. The van der Waals surface area contributed by atoms with Crippen molar-refractivity contribution in [3.8, 4) is 11.5 Å². The number of nitro benzene ring substituents is 2. The quantitative estimate of drug-likeness (QED) is 0.234. The Kier molecular flexibility index (Phi) is 8.63. The SMILES string of the molecule is CCOC(=O)/C(C)=C/c1ccc([N+](=O)[O-])c(O)c1.O=Cc1ccc([N+](=O)[O-])c(O)c1. The number of hydrogen-bond donors (Lipinski definition) is 2. The molecule has 0 saturated carbocycles. The predicted octanol–water partition coefficient (Wildman–Crippen LogP) is 3.38. The van der Waals surface area contributed by atoms with Crippen LogP contribution in [0.1, 0.15) is 29.8 Å². The molecule has 0 bridgehead atoms. The number of carbonyl (C=O) groups excluding carboxylic acids is 2. The lowest BCUT2D eigenvalue weighted by atomic mass is 10.1. The molecule has 2 rings (SSSR count). The van der Waals surface area contributed by atoms with E-state index in [1.165, 1.54) is 30.3 Å². The summed E-state index contributed by atoms with van der Waals surface area (Å²) in [5.41, 5.74) is 0.272. The summed E-state index contributed by atoms with van der Waals surface area (Å²) >= 11 is 0. The molecule has 0 fully saturated rings. The molecule has 11 heteroatoms. The van der Waals surface area contributed by atoms with E-state index < -0.39 is 33.0 Å². The van der Waals surface area contributed by atoms with Gasteiger partial charge in [-0.15, -0.1) is 0 Å². The van der Waals surface area contributed by atoms with Crippen LogP contribution < -0.4 is 0 Å².